The summed E-state index contributed by atoms with van der Waals surface area (Å²) in [7, 11) is 0. The van der Waals surface area contributed by atoms with Gasteiger partial charge in [-0.05, 0) is 48.7 Å². The molecule has 3 N–H and O–H groups in total. The number of carbonyl (C=O) groups is 1. The normalized spacial score (nSPS) is 13.4. The average molecular weight is 435 g/mol. The predicted molar refractivity (Wildman–Crippen MR) is 117 cm³/mol. The van der Waals surface area contributed by atoms with Crippen LogP contribution in [0.5, 0.6) is 0 Å². The summed E-state index contributed by atoms with van der Waals surface area (Å²) in [6.07, 6.45) is 1.38. The molecule has 0 atom stereocenters. The molecule has 7 nitrogen and oxygen atoms in total. The van der Waals surface area contributed by atoms with Crippen molar-refractivity contribution in [1.29, 1.82) is 0 Å². The maximum atomic E-state index is 13.7. The Bertz CT molecular complexity index is 1390. The largest absolute Gasteiger partial charge is 0.381 e. The summed E-state index contributed by atoms with van der Waals surface area (Å²) in [5.74, 6) is -1.55. The van der Waals surface area contributed by atoms with Crippen LogP contribution >= 0.6 is 0 Å². The van der Waals surface area contributed by atoms with Crippen molar-refractivity contribution in [2.45, 2.75) is 19.4 Å². The number of hydrogen-bond donors (Lipinski definition) is 2. The molecule has 1 aliphatic heterocycles. The Morgan fingerprint density at radius 1 is 1.16 bits per heavy atom. The maximum absolute atomic E-state index is 13.7. The third-order valence-electron chi connectivity index (χ3n) is 5.64. The molecule has 1 amide bonds. The van der Waals surface area contributed by atoms with E-state index >= 15 is 0 Å². The molecule has 32 heavy (non-hydrogen) atoms. The number of amides is 1. The van der Waals surface area contributed by atoms with Gasteiger partial charge < -0.3 is 15.6 Å². The van der Waals surface area contributed by atoms with Crippen molar-refractivity contribution >= 4 is 28.4 Å². The topological polar surface area (TPSA) is 97.0 Å². The van der Waals surface area contributed by atoms with Crippen LogP contribution in [-0.2, 0) is 13.0 Å². The van der Waals surface area contributed by atoms with E-state index in [2.05, 4.69) is 9.97 Å². The molecule has 5 rings (SSSR count). The summed E-state index contributed by atoms with van der Waals surface area (Å²) >= 11 is 0. The summed E-state index contributed by atoms with van der Waals surface area (Å²) in [5.41, 5.74) is 8.26. The molecule has 3 aromatic heterocycles. The molecule has 0 unspecified atom stereocenters. The van der Waals surface area contributed by atoms with Gasteiger partial charge in [0, 0.05) is 30.1 Å². The molecule has 0 fully saturated rings. The molecule has 0 saturated carbocycles. The van der Waals surface area contributed by atoms with Crippen LogP contribution < -0.4 is 16.2 Å². The van der Waals surface area contributed by atoms with Gasteiger partial charge in [-0.3, -0.25) is 14.2 Å². The first-order chi connectivity index (χ1) is 15.4. The van der Waals surface area contributed by atoms with Gasteiger partial charge in [0.05, 0.1) is 17.6 Å². The molecule has 0 radical (unpaired) electrons. The van der Waals surface area contributed by atoms with Gasteiger partial charge in [-0.15, -0.1) is 0 Å². The van der Waals surface area contributed by atoms with Crippen LogP contribution in [0.4, 0.5) is 20.3 Å². The van der Waals surface area contributed by atoms with Gasteiger partial charge in [0.1, 0.15) is 11.5 Å². The third kappa shape index (κ3) is 3.41. The SMILES string of the molecule is Nc1nc2cc(Cn3c(C(=O)N4CCCc5cc(F)ccc54)cccc3=O)[nH]c2cc1F. The molecule has 0 aliphatic carbocycles. The number of nitrogen functional groups attached to an aromatic ring is 1. The molecule has 0 saturated heterocycles. The van der Waals surface area contributed by atoms with Crippen molar-refractivity contribution in [3.63, 3.8) is 0 Å². The van der Waals surface area contributed by atoms with Crippen LogP contribution in [0, 0.1) is 11.6 Å². The molecule has 4 heterocycles. The van der Waals surface area contributed by atoms with Crippen LogP contribution in [0.15, 0.2) is 53.3 Å². The van der Waals surface area contributed by atoms with Gasteiger partial charge in [0.25, 0.3) is 11.5 Å². The van der Waals surface area contributed by atoms with Gasteiger partial charge in [-0.1, -0.05) is 6.07 Å². The van der Waals surface area contributed by atoms with Crippen molar-refractivity contribution in [2.24, 2.45) is 0 Å². The smallest absolute Gasteiger partial charge is 0.275 e. The summed E-state index contributed by atoms with van der Waals surface area (Å²) in [5, 5.41) is 0. The number of fused-ring (bicyclic) bond motifs is 2. The van der Waals surface area contributed by atoms with Crippen LogP contribution in [0.25, 0.3) is 11.0 Å². The number of aromatic amines is 1. The summed E-state index contributed by atoms with van der Waals surface area (Å²) in [6.45, 7) is 0.526. The van der Waals surface area contributed by atoms with Gasteiger partial charge in [0.15, 0.2) is 11.6 Å². The number of carbonyl (C=O) groups excluding carboxylic acids is 1. The Balaban J connectivity index is 1.53. The standard InChI is InChI=1S/C23H19F2N5O2/c24-14-6-7-19-13(9-14)3-2-8-29(19)23(32)20-4-1-5-21(31)30(20)12-15-10-17-18(27-15)11-16(25)22(26)28-17/h1,4-7,9-11,27H,2-3,8,12H2,(H2,26,28). The van der Waals surface area contributed by atoms with Crippen molar-refractivity contribution in [2.75, 3.05) is 17.2 Å². The van der Waals surface area contributed by atoms with Crippen LogP contribution in [-0.4, -0.2) is 27.0 Å². The zero-order valence-electron chi connectivity index (χ0n) is 16.9. The zero-order chi connectivity index (χ0) is 22.4. The summed E-state index contributed by atoms with van der Waals surface area (Å²) in [4.78, 5) is 34.7. The minimum atomic E-state index is -0.640. The first-order valence-electron chi connectivity index (χ1n) is 10.1. The second-order valence-electron chi connectivity index (χ2n) is 7.75. The molecule has 9 heteroatoms. The van der Waals surface area contributed by atoms with E-state index in [0.717, 1.165) is 5.56 Å². The first-order valence-corrected chi connectivity index (χ1v) is 10.1. The highest BCUT2D eigenvalue weighted by atomic mass is 19.1. The number of nitrogens with two attached hydrogens (primary N) is 1. The Kier molecular flexibility index (Phi) is 4.73. The van der Waals surface area contributed by atoms with Crippen molar-refractivity contribution in [3.05, 3.63) is 87.5 Å². The fourth-order valence-electron chi connectivity index (χ4n) is 4.14. The van der Waals surface area contributed by atoms with E-state index in [0.29, 0.717) is 41.8 Å². The van der Waals surface area contributed by atoms with Crippen molar-refractivity contribution in [1.82, 2.24) is 14.5 Å². The van der Waals surface area contributed by atoms with Gasteiger partial charge in [-0.2, -0.15) is 0 Å². The lowest BCUT2D eigenvalue weighted by atomic mass is 10.0. The number of benzene rings is 1. The summed E-state index contributed by atoms with van der Waals surface area (Å²) in [6, 6.07) is 11.7. The number of aromatic nitrogens is 3. The molecular formula is C23H19F2N5O2. The Labute approximate surface area is 181 Å². The number of aryl methyl sites for hydroxylation is 1. The lowest BCUT2D eigenvalue weighted by Crippen LogP contribution is -2.39. The van der Waals surface area contributed by atoms with E-state index in [1.165, 1.54) is 34.9 Å². The van der Waals surface area contributed by atoms with Crippen LogP contribution in [0.1, 0.15) is 28.2 Å². The highest BCUT2D eigenvalue weighted by molar-refractivity contribution is 6.05. The van der Waals surface area contributed by atoms with Crippen LogP contribution in [0.3, 0.4) is 0 Å². The minimum Gasteiger partial charge on any atom is -0.381 e. The van der Waals surface area contributed by atoms with Crippen molar-refractivity contribution in [3.8, 4) is 0 Å². The summed E-state index contributed by atoms with van der Waals surface area (Å²) < 4.78 is 28.7. The van der Waals surface area contributed by atoms with E-state index in [4.69, 9.17) is 5.73 Å². The quantitative estimate of drug-likeness (QED) is 0.516. The van der Waals surface area contributed by atoms with Crippen LogP contribution in [0.2, 0.25) is 0 Å². The number of pyridine rings is 2. The van der Waals surface area contributed by atoms with Crippen molar-refractivity contribution < 1.29 is 13.6 Å². The number of nitrogens with one attached hydrogen (secondary N) is 1. The number of halogens is 2. The molecule has 1 aliphatic rings. The second kappa shape index (κ2) is 7.60. The number of rotatable bonds is 3. The minimum absolute atomic E-state index is 0.0583. The van der Waals surface area contributed by atoms with Gasteiger partial charge in [0.2, 0.25) is 0 Å². The monoisotopic (exact) mass is 435 g/mol. The second-order valence-corrected chi connectivity index (χ2v) is 7.75. The molecular weight excluding hydrogens is 416 g/mol. The lowest BCUT2D eigenvalue weighted by Gasteiger charge is -2.30. The fourth-order valence-corrected chi connectivity index (χ4v) is 4.14. The number of H-pyrrole nitrogens is 1. The Morgan fingerprint density at radius 3 is 2.84 bits per heavy atom. The third-order valence-corrected chi connectivity index (χ3v) is 5.64. The van der Waals surface area contributed by atoms with E-state index in [1.54, 1.807) is 23.1 Å². The first kappa shape index (κ1) is 19.9. The highest BCUT2D eigenvalue weighted by Gasteiger charge is 2.26. The number of anilines is 2. The molecule has 4 aromatic rings. The average Bonchev–Trinajstić information content (AvgIpc) is 3.15. The van der Waals surface area contributed by atoms with Gasteiger partial charge >= 0.3 is 0 Å². The Hall–Kier alpha value is -4.01. The lowest BCUT2D eigenvalue weighted by molar-refractivity contribution is 0.0975. The molecule has 0 bridgehead atoms. The maximum Gasteiger partial charge on any atom is 0.275 e. The Morgan fingerprint density at radius 2 is 2.00 bits per heavy atom. The fraction of sp³-hybridized carbons (Fsp3) is 0.174. The number of nitrogens with zero attached hydrogens (tertiary/aromatic N) is 3. The van der Waals surface area contributed by atoms with E-state index in [1.807, 2.05) is 0 Å². The van der Waals surface area contributed by atoms with E-state index in [9.17, 15) is 18.4 Å². The van der Waals surface area contributed by atoms with E-state index in [-0.39, 0.29) is 35.3 Å². The molecule has 1 aromatic carbocycles. The van der Waals surface area contributed by atoms with E-state index < -0.39 is 5.82 Å². The zero-order valence-corrected chi connectivity index (χ0v) is 16.9. The number of hydrogen-bond acceptors (Lipinski definition) is 4. The molecule has 162 valence electrons. The molecule has 0 spiro atoms. The highest BCUT2D eigenvalue weighted by Crippen LogP contribution is 2.29. The van der Waals surface area contributed by atoms with Gasteiger partial charge in [-0.25, -0.2) is 13.8 Å². The predicted octanol–water partition coefficient (Wildman–Crippen LogP) is 3.23.